The fourth-order valence-electron chi connectivity index (χ4n) is 3.21. The summed E-state index contributed by atoms with van der Waals surface area (Å²) in [4.78, 5) is 0. The van der Waals surface area contributed by atoms with Crippen LogP contribution in [0.4, 0.5) is 0 Å². The third-order valence-electron chi connectivity index (χ3n) is 4.98. The Morgan fingerprint density at radius 1 is 0.920 bits per heavy atom. The lowest BCUT2D eigenvalue weighted by atomic mass is 9.89. The van der Waals surface area contributed by atoms with Crippen molar-refractivity contribution < 1.29 is 37.7 Å². The molecule has 148 valence electrons. The van der Waals surface area contributed by atoms with E-state index in [0.717, 1.165) is 4.43 Å². The number of rotatable bonds is 6. The minimum Gasteiger partial charge on any atom is -0.394 e. The maximum absolute atomic E-state index is 10.6. The van der Waals surface area contributed by atoms with Crippen molar-refractivity contribution in [1.29, 1.82) is 0 Å². The van der Waals surface area contributed by atoms with Gasteiger partial charge in [-0.25, -0.2) is 0 Å². The summed E-state index contributed by atoms with van der Waals surface area (Å²) in [6.45, 7) is 3.11. The van der Waals surface area contributed by atoms with Crippen molar-refractivity contribution in [2.24, 2.45) is 11.8 Å². The van der Waals surface area contributed by atoms with E-state index in [9.17, 15) is 20.4 Å². The van der Waals surface area contributed by atoms with E-state index in [1.54, 1.807) is 36.9 Å². The largest absolute Gasteiger partial charge is 0.394 e. The Kier molecular flexibility index (Phi) is 9.04. The molecule has 0 saturated carbocycles. The average Bonchev–Trinajstić information content (AvgIpc) is 2.61. The molecule has 0 bridgehead atoms. The van der Waals surface area contributed by atoms with Crippen LogP contribution in [0.15, 0.2) is 0 Å². The second-order valence-corrected chi connectivity index (χ2v) is 8.21. The third-order valence-corrected chi connectivity index (χ3v) is 6.10. The number of hydrogen-bond donors (Lipinski definition) is 4. The molecule has 0 aromatic heterocycles. The van der Waals surface area contributed by atoms with Gasteiger partial charge in [0.05, 0.1) is 24.9 Å². The van der Waals surface area contributed by atoms with Crippen molar-refractivity contribution >= 4 is 45.6 Å². The highest BCUT2D eigenvalue weighted by atomic mass is 127. The Bertz CT molecular complexity index is 415. The number of ether oxygens (including phenoxy) is 3. The van der Waals surface area contributed by atoms with Crippen LogP contribution < -0.4 is 0 Å². The lowest BCUT2D eigenvalue weighted by Gasteiger charge is -2.46. The van der Waals surface area contributed by atoms with Gasteiger partial charge >= 0.3 is 0 Å². The Hall–Kier alpha value is 1.14. The normalized spacial score (nSPS) is 48.5. The Labute approximate surface area is 175 Å². The highest BCUT2D eigenvalue weighted by Gasteiger charge is 2.49. The van der Waals surface area contributed by atoms with Crippen molar-refractivity contribution in [3.8, 4) is 0 Å². The molecule has 0 amide bonds. The van der Waals surface area contributed by atoms with Gasteiger partial charge in [0.15, 0.2) is 12.6 Å². The van der Waals surface area contributed by atoms with E-state index in [-0.39, 0.29) is 6.61 Å². The smallest absolute Gasteiger partial charge is 0.184 e. The predicted octanol–water partition coefficient (Wildman–Crippen LogP) is 0.360. The van der Waals surface area contributed by atoms with Crippen LogP contribution in [-0.2, 0) is 17.3 Å². The van der Waals surface area contributed by atoms with Gasteiger partial charge in [-0.05, 0) is 6.42 Å². The van der Waals surface area contributed by atoms with Gasteiger partial charge in [-0.3, -0.25) is 3.07 Å². The van der Waals surface area contributed by atoms with Crippen molar-refractivity contribution in [3.05, 3.63) is 0 Å². The number of alkyl halides is 1. The summed E-state index contributed by atoms with van der Waals surface area (Å²) in [6, 6.07) is 0. The monoisotopic (exact) mass is 588 g/mol. The fourth-order valence-corrected chi connectivity index (χ4v) is 4.40. The van der Waals surface area contributed by atoms with Crippen molar-refractivity contribution in [1.82, 2.24) is 0 Å². The number of aliphatic hydroxyl groups is 4. The van der Waals surface area contributed by atoms with Crippen LogP contribution in [0.1, 0.15) is 20.3 Å². The molecule has 0 spiro atoms. The van der Waals surface area contributed by atoms with Crippen molar-refractivity contribution in [2.45, 2.75) is 69.5 Å². The van der Waals surface area contributed by atoms with Gasteiger partial charge in [0.1, 0.15) is 41.3 Å². The summed E-state index contributed by atoms with van der Waals surface area (Å²) in [5.74, 6) is -0.831. The van der Waals surface area contributed by atoms with Crippen LogP contribution in [0, 0.1) is 11.8 Å². The molecule has 0 aromatic rings. The molecule has 0 aromatic carbocycles. The molecular formula is C15H26I2O8. The second kappa shape index (κ2) is 10.1. The minimum absolute atomic E-state index is 0.372. The van der Waals surface area contributed by atoms with Crippen LogP contribution in [-0.4, -0.2) is 80.7 Å². The average molecular weight is 588 g/mol. The molecule has 2 saturated heterocycles. The Balaban J connectivity index is 2.12. The molecule has 2 heterocycles. The van der Waals surface area contributed by atoms with Gasteiger partial charge in [0, 0.05) is 16.3 Å². The van der Waals surface area contributed by atoms with Crippen LogP contribution in [0.3, 0.4) is 0 Å². The summed E-state index contributed by atoms with van der Waals surface area (Å²) in [7, 11) is 0. The number of hydrogen-bond acceptors (Lipinski definition) is 8. The summed E-state index contributed by atoms with van der Waals surface area (Å²) in [5.41, 5.74) is 0. The van der Waals surface area contributed by atoms with Gasteiger partial charge in [-0.1, -0.05) is 36.4 Å². The molecule has 8 nitrogen and oxygen atoms in total. The van der Waals surface area contributed by atoms with Gasteiger partial charge in [0.2, 0.25) is 0 Å². The van der Waals surface area contributed by atoms with E-state index in [1.165, 1.54) is 0 Å². The Morgan fingerprint density at radius 2 is 1.56 bits per heavy atom. The van der Waals surface area contributed by atoms with E-state index >= 15 is 0 Å². The zero-order valence-electron chi connectivity index (χ0n) is 14.1. The Morgan fingerprint density at radius 3 is 2.12 bits per heavy atom. The molecule has 25 heavy (non-hydrogen) atoms. The zero-order valence-corrected chi connectivity index (χ0v) is 18.4. The highest BCUT2D eigenvalue weighted by Crippen LogP contribution is 2.34. The topological polar surface area (TPSA) is 118 Å². The fraction of sp³-hybridized carbons (Fsp3) is 1.00. The maximum atomic E-state index is 10.6. The van der Waals surface area contributed by atoms with Crippen LogP contribution in [0.2, 0.25) is 0 Å². The van der Waals surface area contributed by atoms with Gasteiger partial charge in [0.25, 0.3) is 0 Å². The van der Waals surface area contributed by atoms with E-state index < -0.39 is 61.0 Å². The van der Waals surface area contributed by atoms with Crippen molar-refractivity contribution in [3.63, 3.8) is 0 Å². The predicted molar refractivity (Wildman–Crippen MR) is 104 cm³/mol. The summed E-state index contributed by atoms with van der Waals surface area (Å²) >= 11 is 3.88. The summed E-state index contributed by atoms with van der Waals surface area (Å²) in [6.07, 6.45) is -6.04. The van der Waals surface area contributed by atoms with Gasteiger partial charge < -0.3 is 34.6 Å². The first-order valence-corrected chi connectivity index (χ1v) is 10.7. The quantitative estimate of drug-likeness (QED) is 0.260. The first-order valence-electron chi connectivity index (χ1n) is 8.30. The molecule has 4 N–H and O–H groups in total. The molecule has 2 rings (SSSR count). The lowest BCUT2D eigenvalue weighted by Crippen LogP contribution is -2.60. The molecule has 2 aliphatic rings. The van der Waals surface area contributed by atoms with Crippen LogP contribution in [0.5, 0.6) is 0 Å². The van der Waals surface area contributed by atoms with Crippen molar-refractivity contribution in [2.75, 3.05) is 11.0 Å². The zero-order chi connectivity index (χ0) is 18.7. The van der Waals surface area contributed by atoms with Crippen LogP contribution >= 0.6 is 45.6 Å². The van der Waals surface area contributed by atoms with Crippen LogP contribution in [0.25, 0.3) is 0 Å². The molecule has 0 unspecified atom stereocenters. The molecule has 10 heteroatoms. The lowest BCUT2D eigenvalue weighted by molar-refractivity contribution is -0.337. The number of halogens is 2. The van der Waals surface area contributed by atoms with Gasteiger partial charge in [-0.2, -0.15) is 0 Å². The van der Waals surface area contributed by atoms with E-state index in [1.807, 2.05) is 0 Å². The summed E-state index contributed by atoms with van der Waals surface area (Å²) in [5, 5.41) is 40.8. The summed E-state index contributed by atoms with van der Waals surface area (Å²) < 4.78 is 23.2. The minimum atomic E-state index is -1.05. The molecule has 2 aliphatic heterocycles. The molecule has 0 aliphatic carbocycles. The second-order valence-electron chi connectivity index (χ2n) is 6.63. The van der Waals surface area contributed by atoms with E-state index in [4.69, 9.17) is 17.3 Å². The third kappa shape index (κ3) is 4.95. The first kappa shape index (κ1) is 22.4. The highest BCUT2D eigenvalue weighted by molar-refractivity contribution is 14.1. The molecule has 10 atom stereocenters. The molecule has 0 radical (unpaired) electrons. The first-order chi connectivity index (χ1) is 11.8. The maximum Gasteiger partial charge on any atom is 0.184 e. The van der Waals surface area contributed by atoms with Gasteiger partial charge in [-0.15, -0.1) is 0 Å². The number of aliphatic hydroxyl groups excluding tert-OH is 4. The molecular weight excluding hydrogens is 562 g/mol. The molecule has 2 fully saturated rings. The van der Waals surface area contributed by atoms with E-state index in [2.05, 4.69) is 22.6 Å². The van der Waals surface area contributed by atoms with E-state index in [0.29, 0.717) is 6.42 Å². The standard InChI is InChI=1S/C15H26I2O8/c1-6-10(19)8(3-4-16)22-15(12(6)21)24-13-9(5-18)23-14(25-17)7(2)11(13)20/h6-15,18-21H,3-5H2,1-2H3/t6-,7+,8+,9+,10-,11+,12+,13+,14+,15+/m0/s1. The SMILES string of the molecule is C[C@@H]1[C@@H](O)[C@@H](O[C@H]2[C@H](O)[C@@H](C)[C@@H](OI)O[C@@H]2CO)O[C@H](CCI)[C@H]1O.